The van der Waals surface area contributed by atoms with Crippen molar-refractivity contribution in [3.05, 3.63) is 34.3 Å². The van der Waals surface area contributed by atoms with Gasteiger partial charge < -0.3 is 4.42 Å². The molecule has 3 rings (SSSR count). The smallest absolute Gasteiger partial charge is 0.408 e. The summed E-state index contributed by atoms with van der Waals surface area (Å²) in [6.45, 7) is 0. The molecule has 1 aliphatic carbocycles. The van der Waals surface area contributed by atoms with E-state index in [-0.39, 0.29) is 11.7 Å². The van der Waals surface area contributed by atoms with Crippen LogP contribution in [0.4, 0.5) is 0 Å². The van der Waals surface area contributed by atoms with Crippen molar-refractivity contribution in [1.82, 2.24) is 4.98 Å². The van der Waals surface area contributed by atoms with Crippen LogP contribution in [-0.4, -0.2) is 10.8 Å². The van der Waals surface area contributed by atoms with Crippen LogP contribution in [0.3, 0.4) is 0 Å². The van der Waals surface area contributed by atoms with Gasteiger partial charge in [-0.05, 0) is 31.0 Å². The van der Waals surface area contributed by atoms with E-state index in [2.05, 4.69) is 4.98 Å². The zero-order chi connectivity index (χ0) is 13.2. The molecule has 2 aromatic rings. The van der Waals surface area contributed by atoms with E-state index in [1.807, 2.05) is 0 Å². The fourth-order valence-electron chi connectivity index (χ4n) is 2.88. The maximum absolute atomic E-state index is 12.5. The number of oxazole rings is 1. The van der Waals surface area contributed by atoms with Crippen molar-refractivity contribution < 1.29 is 9.21 Å². The molecule has 1 fully saturated rings. The third-order valence-electron chi connectivity index (χ3n) is 3.93. The molecule has 1 aromatic carbocycles. The van der Waals surface area contributed by atoms with Crippen molar-refractivity contribution in [2.24, 2.45) is 5.92 Å². The Balaban J connectivity index is 1.89. The Morgan fingerprint density at radius 3 is 2.63 bits per heavy atom. The van der Waals surface area contributed by atoms with Crippen molar-refractivity contribution in [2.45, 2.75) is 38.5 Å². The summed E-state index contributed by atoms with van der Waals surface area (Å²) in [5, 5.41) is 0. The fraction of sp³-hybridized carbons (Fsp3) is 0.467. The van der Waals surface area contributed by atoms with Crippen LogP contribution < -0.4 is 5.76 Å². The van der Waals surface area contributed by atoms with Crippen LogP contribution >= 0.6 is 0 Å². The van der Waals surface area contributed by atoms with Crippen LogP contribution in [0.5, 0.6) is 0 Å². The molecule has 4 heteroatoms. The van der Waals surface area contributed by atoms with E-state index in [1.54, 1.807) is 18.2 Å². The minimum atomic E-state index is -0.478. The van der Waals surface area contributed by atoms with Gasteiger partial charge >= 0.3 is 5.76 Å². The predicted molar refractivity (Wildman–Crippen MR) is 72.4 cm³/mol. The standard InChI is InChI=1S/C15H17NO3/c17-14(10-5-3-1-2-4-6-10)11-7-8-12-13(9-11)19-15(18)16-12/h7-10H,1-6H2,(H,16,18). The lowest BCUT2D eigenvalue weighted by molar-refractivity contribution is 0.0908. The van der Waals surface area contributed by atoms with Gasteiger partial charge in [-0.15, -0.1) is 0 Å². The van der Waals surface area contributed by atoms with E-state index in [4.69, 9.17) is 4.42 Å². The Bertz CT molecular complexity index is 645. The summed E-state index contributed by atoms with van der Waals surface area (Å²) in [6, 6.07) is 5.20. The van der Waals surface area contributed by atoms with Gasteiger partial charge in [-0.25, -0.2) is 4.79 Å². The van der Waals surface area contributed by atoms with E-state index in [9.17, 15) is 9.59 Å². The number of H-pyrrole nitrogens is 1. The minimum Gasteiger partial charge on any atom is -0.408 e. The number of carbonyl (C=O) groups excluding carboxylic acids is 1. The van der Waals surface area contributed by atoms with E-state index in [1.165, 1.54) is 12.8 Å². The van der Waals surface area contributed by atoms with Crippen LogP contribution in [0.15, 0.2) is 27.4 Å². The molecule has 0 radical (unpaired) electrons. The molecule has 1 aromatic heterocycles. The monoisotopic (exact) mass is 259 g/mol. The quantitative estimate of drug-likeness (QED) is 0.665. The van der Waals surface area contributed by atoms with E-state index < -0.39 is 5.76 Å². The first-order valence-electron chi connectivity index (χ1n) is 6.91. The molecule has 100 valence electrons. The second-order valence-corrected chi connectivity index (χ2v) is 5.28. The van der Waals surface area contributed by atoms with Gasteiger partial charge in [0.2, 0.25) is 0 Å². The maximum Gasteiger partial charge on any atom is 0.417 e. The first-order valence-corrected chi connectivity index (χ1v) is 6.91. The highest BCUT2D eigenvalue weighted by Gasteiger charge is 2.21. The first kappa shape index (κ1) is 12.2. The number of ketones is 1. The molecular weight excluding hydrogens is 242 g/mol. The van der Waals surface area contributed by atoms with Gasteiger partial charge in [0.15, 0.2) is 11.4 Å². The molecule has 4 nitrogen and oxygen atoms in total. The van der Waals surface area contributed by atoms with Gasteiger partial charge in [-0.3, -0.25) is 9.78 Å². The van der Waals surface area contributed by atoms with Crippen LogP contribution in [0.1, 0.15) is 48.9 Å². The van der Waals surface area contributed by atoms with Gasteiger partial charge in [0.25, 0.3) is 0 Å². The van der Waals surface area contributed by atoms with Crippen molar-refractivity contribution in [3.63, 3.8) is 0 Å². The third kappa shape index (κ3) is 2.48. The SMILES string of the molecule is O=C(c1ccc2[nH]c(=O)oc2c1)C1CCCCCC1. The Hall–Kier alpha value is -1.84. The fourth-order valence-corrected chi connectivity index (χ4v) is 2.88. The summed E-state index contributed by atoms with van der Waals surface area (Å²) < 4.78 is 5.01. The Kier molecular flexibility index (Phi) is 3.23. The number of hydrogen-bond donors (Lipinski definition) is 1. The lowest BCUT2D eigenvalue weighted by Crippen LogP contribution is -2.13. The van der Waals surface area contributed by atoms with Gasteiger partial charge in [0.1, 0.15) is 0 Å². The number of hydrogen-bond acceptors (Lipinski definition) is 3. The number of aromatic amines is 1. The van der Waals surface area contributed by atoms with Gasteiger partial charge in [0.05, 0.1) is 5.52 Å². The van der Waals surface area contributed by atoms with Crippen LogP contribution in [0.2, 0.25) is 0 Å². The molecule has 19 heavy (non-hydrogen) atoms. The average Bonchev–Trinajstić information content (AvgIpc) is 2.63. The molecular formula is C15H17NO3. The van der Waals surface area contributed by atoms with E-state index >= 15 is 0 Å². The molecule has 0 saturated heterocycles. The van der Waals surface area contributed by atoms with Crippen molar-refractivity contribution in [2.75, 3.05) is 0 Å². The molecule has 0 aliphatic heterocycles. The number of fused-ring (bicyclic) bond motifs is 1. The lowest BCUT2D eigenvalue weighted by atomic mass is 9.91. The van der Waals surface area contributed by atoms with E-state index in [0.717, 1.165) is 25.7 Å². The average molecular weight is 259 g/mol. The highest BCUT2D eigenvalue weighted by molar-refractivity contribution is 6.00. The highest BCUT2D eigenvalue weighted by atomic mass is 16.4. The van der Waals surface area contributed by atoms with Crippen molar-refractivity contribution in [3.8, 4) is 0 Å². The number of benzene rings is 1. The topological polar surface area (TPSA) is 63.1 Å². The minimum absolute atomic E-state index is 0.130. The zero-order valence-electron chi connectivity index (χ0n) is 10.8. The normalized spacial score (nSPS) is 17.5. The van der Waals surface area contributed by atoms with Crippen LogP contribution in [-0.2, 0) is 0 Å². The molecule has 1 N–H and O–H groups in total. The summed E-state index contributed by atoms with van der Waals surface area (Å²) in [7, 11) is 0. The molecule has 0 atom stereocenters. The van der Waals surface area contributed by atoms with Crippen molar-refractivity contribution in [1.29, 1.82) is 0 Å². The lowest BCUT2D eigenvalue weighted by Gasteiger charge is -2.12. The second-order valence-electron chi connectivity index (χ2n) is 5.28. The number of rotatable bonds is 2. The first-order chi connectivity index (χ1) is 9.24. The number of Topliss-reactive ketones (excluding diaryl/α,β-unsaturated/α-hetero) is 1. The number of aromatic nitrogens is 1. The maximum atomic E-state index is 12.5. The highest BCUT2D eigenvalue weighted by Crippen LogP contribution is 2.26. The van der Waals surface area contributed by atoms with Gasteiger partial charge in [-0.1, -0.05) is 25.7 Å². The molecule has 1 aliphatic rings. The molecule has 0 bridgehead atoms. The third-order valence-corrected chi connectivity index (χ3v) is 3.93. The number of nitrogens with one attached hydrogen (secondary N) is 1. The molecule has 0 spiro atoms. The molecule has 0 unspecified atom stereocenters. The Labute approximate surface area is 110 Å². The Morgan fingerprint density at radius 1 is 1.16 bits per heavy atom. The molecule has 0 amide bonds. The zero-order valence-corrected chi connectivity index (χ0v) is 10.8. The summed E-state index contributed by atoms with van der Waals surface area (Å²) >= 11 is 0. The van der Waals surface area contributed by atoms with E-state index in [0.29, 0.717) is 16.7 Å². The van der Waals surface area contributed by atoms with Gasteiger partial charge in [0, 0.05) is 11.5 Å². The number of carbonyl (C=O) groups is 1. The van der Waals surface area contributed by atoms with Crippen LogP contribution in [0.25, 0.3) is 11.1 Å². The summed E-state index contributed by atoms with van der Waals surface area (Å²) in [6.07, 6.45) is 6.70. The van der Waals surface area contributed by atoms with Crippen molar-refractivity contribution >= 4 is 16.9 Å². The summed E-state index contributed by atoms with van der Waals surface area (Å²) in [4.78, 5) is 26.2. The molecule has 1 heterocycles. The predicted octanol–water partition coefficient (Wildman–Crippen LogP) is 3.27. The summed E-state index contributed by atoms with van der Waals surface area (Å²) in [5.41, 5.74) is 1.76. The Morgan fingerprint density at radius 2 is 1.89 bits per heavy atom. The summed E-state index contributed by atoms with van der Waals surface area (Å²) in [5.74, 6) is -0.160. The second kappa shape index (κ2) is 5.03. The van der Waals surface area contributed by atoms with Crippen LogP contribution in [0, 0.1) is 5.92 Å². The largest absolute Gasteiger partial charge is 0.417 e. The molecule has 1 saturated carbocycles. The van der Waals surface area contributed by atoms with Gasteiger partial charge in [-0.2, -0.15) is 0 Å².